The molecule has 0 aromatic rings. The van der Waals surface area contributed by atoms with E-state index in [0.717, 1.165) is 0 Å². The standard InChI is InChI=1S/C13H30OSi/c1-9(2)12(10(3)4)13(7,8-15)14-11(5)6/h9-12H,8H2,1-7,15H3. The smallest absolute Gasteiger partial charge is 0.0659 e. The van der Waals surface area contributed by atoms with Gasteiger partial charge in [-0.05, 0) is 44.6 Å². The molecular weight excluding hydrogens is 200 g/mol. The van der Waals surface area contributed by atoms with Crippen molar-refractivity contribution < 1.29 is 4.74 Å². The zero-order chi connectivity index (χ0) is 12.2. The van der Waals surface area contributed by atoms with Crippen LogP contribution in [0.15, 0.2) is 0 Å². The Morgan fingerprint density at radius 3 is 1.60 bits per heavy atom. The summed E-state index contributed by atoms with van der Waals surface area (Å²) in [6.45, 7) is 15.9. The van der Waals surface area contributed by atoms with Crippen LogP contribution in [-0.2, 0) is 4.74 Å². The Bertz CT molecular complexity index is 169. The van der Waals surface area contributed by atoms with Gasteiger partial charge in [0.05, 0.1) is 11.7 Å². The molecule has 0 bridgehead atoms. The van der Waals surface area contributed by atoms with Crippen molar-refractivity contribution in [3.8, 4) is 0 Å². The third-order valence-corrected chi connectivity index (χ3v) is 4.75. The number of hydrogen-bond donors (Lipinski definition) is 0. The summed E-state index contributed by atoms with van der Waals surface area (Å²) in [6, 6.07) is 1.23. The molecule has 0 aromatic heterocycles. The summed E-state index contributed by atoms with van der Waals surface area (Å²) in [5.74, 6) is 2.06. The Balaban J connectivity index is 4.85. The van der Waals surface area contributed by atoms with Crippen LogP contribution in [0.3, 0.4) is 0 Å². The van der Waals surface area contributed by atoms with Crippen LogP contribution in [0.4, 0.5) is 0 Å². The molecule has 0 aliphatic heterocycles. The predicted molar refractivity (Wildman–Crippen MR) is 72.5 cm³/mol. The summed E-state index contributed by atoms with van der Waals surface area (Å²) in [6.07, 6.45) is 0.337. The Kier molecular flexibility index (Phi) is 6.12. The molecule has 0 saturated carbocycles. The largest absolute Gasteiger partial charge is 0.373 e. The summed E-state index contributed by atoms with van der Waals surface area (Å²) < 4.78 is 6.21. The minimum absolute atomic E-state index is 0.0860. The van der Waals surface area contributed by atoms with E-state index >= 15 is 0 Å². The Morgan fingerprint density at radius 1 is 1.00 bits per heavy atom. The predicted octanol–water partition coefficient (Wildman–Crippen LogP) is 2.88. The summed E-state index contributed by atoms with van der Waals surface area (Å²) >= 11 is 0. The third-order valence-electron chi connectivity index (χ3n) is 3.35. The first kappa shape index (κ1) is 15.2. The molecule has 0 saturated heterocycles. The van der Waals surface area contributed by atoms with Gasteiger partial charge in [-0.25, -0.2) is 0 Å². The van der Waals surface area contributed by atoms with E-state index in [1.165, 1.54) is 16.3 Å². The van der Waals surface area contributed by atoms with Gasteiger partial charge in [0.15, 0.2) is 0 Å². The average molecular weight is 230 g/mol. The van der Waals surface area contributed by atoms with Gasteiger partial charge in [0, 0.05) is 10.2 Å². The molecule has 0 aliphatic rings. The highest BCUT2D eigenvalue weighted by Gasteiger charge is 2.38. The number of ether oxygens (including phenoxy) is 1. The van der Waals surface area contributed by atoms with Crippen LogP contribution in [0, 0.1) is 17.8 Å². The van der Waals surface area contributed by atoms with Gasteiger partial charge in [-0.1, -0.05) is 27.7 Å². The van der Waals surface area contributed by atoms with Gasteiger partial charge in [-0.3, -0.25) is 0 Å². The summed E-state index contributed by atoms with van der Waals surface area (Å²) in [4.78, 5) is 0. The zero-order valence-electron chi connectivity index (χ0n) is 11.9. The van der Waals surface area contributed by atoms with Gasteiger partial charge in [0.1, 0.15) is 0 Å². The Labute approximate surface area is 99.4 Å². The molecule has 0 aliphatic carbocycles. The SMILES string of the molecule is CC(C)OC(C)(C[SiH3])C(C(C)C)C(C)C. The van der Waals surface area contributed by atoms with Gasteiger partial charge < -0.3 is 4.74 Å². The van der Waals surface area contributed by atoms with Crippen molar-refractivity contribution in [1.82, 2.24) is 0 Å². The first-order valence-corrected chi connectivity index (χ1v) is 7.83. The summed E-state index contributed by atoms with van der Waals surface area (Å²) in [7, 11) is 1.22. The second-order valence-electron chi connectivity index (χ2n) is 5.85. The van der Waals surface area contributed by atoms with Crippen LogP contribution in [0.25, 0.3) is 0 Å². The second-order valence-corrected chi connectivity index (χ2v) is 6.55. The maximum Gasteiger partial charge on any atom is 0.0659 e. The van der Waals surface area contributed by atoms with Crippen molar-refractivity contribution in [2.24, 2.45) is 17.8 Å². The lowest BCUT2D eigenvalue weighted by Crippen LogP contribution is -2.44. The van der Waals surface area contributed by atoms with Crippen LogP contribution < -0.4 is 0 Å². The molecule has 0 N–H and O–H groups in total. The molecule has 0 spiro atoms. The van der Waals surface area contributed by atoms with E-state index in [9.17, 15) is 0 Å². The molecule has 2 heteroatoms. The van der Waals surface area contributed by atoms with E-state index < -0.39 is 0 Å². The van der Waals surface area contributed by atoms with Crippen molar-refractivity contribution in [3.63, 3.8) is 0 Å². The highest BCUT2D eigenvalue weighted by Crippen LogP contribution is 2.37. The highest BCUT2D eigenvalue weighted by atomic mass is 28.1. The van der Waals surface area contributed by atoms with Crippen LogP contribution >= 0.6 is 0 Å². The van der Waals surface area contributed by atoms with Gasteiger partial charge in [0.2, 0.25) is 0 Å². The maximum atomic E-state index is 6.21. The average Bonchev–Trinajstić information content (AvgIpc) is 2.00. The molecule has 0 rings (SSSR count). The molecule has 0 radical (unpaired) electrons. The molecule has 0 aromatic carbocycles. The van der Waals surface area contributed by atoms with Crippen molar-refractivity contribution >= 4 is 10.2 Å². The van der Waals surface area contributed by atoms with Gasteiger partial charge in [-0.15, -0.1) is 0 Å². The van der Waals surface area contributed by atoms with Crippen LogP contribution in [0.5, 0.6) is 0 Å². The lowest BCUT2D eigenvalue weighted by Gasteiger charge is -2.43. The molecule has 1 atom stereocenters. The normalized spacial score (nSPS) is 17.0. The topological polar surface area (TPSA) is 9.23 Å². The van der Waals surface area contributed by atoms with Gasteiger partial charge in [0.25, 0.3) is 0 Å². The molecule has 1 unspecified atom stereocenters. The summed E-state index contributed by atoms with van der Waals surface area (Å²) in [5, 5.41) is 0. The molecule has 0 heterocycles. The van der Waals surface area contributed by atoms with Crippen molar-refractivity contribution in [2.45, 2.75) is 66.2 Å². The molecule has 0 amide bonds. The molecule has 15 heavy (non-hydrogen) atoms. The Hall–Kier alpha value is 0.177. The maximum absolute atomic E-state index is 6.21. The monoisotopic (exact) mass is 230 g/mol. The fourth-order valence-corrected chi connectivity index (χ4v) is 3.75. The van der Waals surface area contributed by atoms with Crippen LogP contribution in [0.2, 0.25) is 6.04 Å². The van der Waals surface area contributed by atoms with Gasteiger partial charge in [-0.2, -0.15) is 0 Å². The first-order chi connectivity index (χ1) is 6.74. The van der Waals surface area contributed by atoms with E-state index in [2.05, 4.69) is 48.5 Å². The fraction of sp³-hybridized carbons (Fsp3) is 1.00. The molecular formula is C13H30OSi. The highest BCUT2D eigenvalue weighted by molar-refractivity contribution is 6.09. The van der Waals surface area contributed by atoms with Crippen molar-refractivity contribution in [1.29, 1.82) is 0 Å². The van der Waals surface area contributed by atoms with Crippen LogP contribution in [-0.4, -0.2) is 21.9 Å². The number of rotatable bonds is 6. The van der Waals surface area contributed by atoms with Crippen LogP contribution in [0.1, 0.15) is 48.5 Å². The van der Waals surface area contributed by atoms with E-state index in [0.29, 0.717) is 23.9 Å². The van der Waals surface area contributed by atoms with E-state index in [1.807, 2.05) is 0 Å². The van der Waals surface area contributed by atoms with Crippen molar-refractivity contribution in [3.05, 3.63) is 0 Å². The van der Waals surface area contributed by atoms with Gasteiger partial charge >= 0.3 is 0 Å². The molecule has 92 valence electrons. The number of hydrogen-bond acceptors (Lipinski definition) is 1. The molecule has 0 fully saturated rings. The summed E-state index contributed by atoms with van der Waals surface area (Å²) in [5.41, 5.74) is 0.0860. The first-order valence-electron chi connectivity index (χ1n) is 6.42. The zero-order valence-corrected chi connectivity index (χ0v) is 13.9. The van der Waals surface area contributed by atoms with Crippen molar-refractivity contribution in [2.75, 3.05) is 0 Å². The Morgan fingerprint density at radius 2 is 1.40 bits per heavy atom. The lowest BCUT2D eigenvalue weighted by atomic mass is 9.74. The van der Waals surface area contributed by atoms with E-state index in [1.54, 1.807) is 0 Å². The minimum Gasteiger partial charge on any atom is -0.373 e. The van der Waals surface area contributed by atoms with E-state index in [4.69, 9.17) is 4.74 Å². The fourth-order valence-electron chi connectivity index (χ4n) is 3.12. The lowest BCUT2D eigenvalue weighted by molar-refractivity contribution is -0.115. The third kappa shape index (κ3) is 4.27. The second kappa shape index (κ2) is 6.05. The molecule has 1 nitrogen and oxygen atoms in total. The minimum atomic E-state index is 0.0860. The quantitative estimate of drug-likeness (QED) is 0.638. The van der Waals surface area contributed by atoms with E-state index in [-0.39, 0.29) is 5.60 Å².